The zero-order chi connectivity index (χ0) is 13.0. The Morgan fingerprint density at radius 1 is 1.22 bits per heavy atom. The highest BCUT2D eigenvalue weighted by molar-refractivity contribution is 9.10. The van der Waals surface area contributed by atoms with Crippen LogP contribution >= 0.6 is 15.9 Å². The molecule has 0 radical (unpaired) electrons. The van der Waals surface area contributed by atoms with Crippen LogP contribution in [0.25, 0.3) is 0 Å². The summed E-state index contributed by atoms with van der Waals surface area (Å²) in [6.07, 6.45) is 5.83. The molecule has 1 aliphatic carbocycles. The van der Waals surface area contributed by atoms with E-state index < -0.39 is 0 Å². The van der Waals surface area contributed by atoms with Crippen LogP contribution in [0.3, 0.4) is 0 Å². The predicted octanol–water partition coefficient (Wildman–Crippen LogP) is 3.30. The molecule has 1 saturated carbocycles. The van der Waals surface area contributed by atoms with Gasteiger partial charge in [0.15, 0.2) is 0 Å². The summed E-state index contributed by atoms with van der Waals surface area (Å²) in [5.74, 6) is 0.276. The van der Waals surface area contributed by atoms with Crippen LogP contribution in [0.5, 0.6) is 0 Å². The zero-order valence-electron chi connectivity index (χ0n) is 10.4. The summed E-state index contributed by atoms with van der Waals surface area (Å²) in [5.41, 5.74) is 6.85. The average molecular weight is 311 g/mol. The molecule has 0 heterocycles. The van der Waals surface area contributed by atoms with Gasteiger partial charge in [0.1, 0.15) is 0 Å². The number of nitrogens with one attached hydrogen (secondary N) is 1. The quantitative estimate of drug-likeness (QED) is 0.900. The fraction of sp³-hybridized carbons (Fsp3) is 0.500. The third-order valence-electron chi connectivity index (χ3n) is 3.57. The lowest BCUT2D eigenvalue weighted by molar-refractivity contribution is -0.118. The standard InChI is InChI=1S/C14H19BrN2O/c15-11-6-8-12(9-7-11)17-14(18)13(16)10-4-2-1-3-5-10/h6-10,13H,1-5,16H2,(H,17,18)/t13-/m0/s1. The molecule has 0 bridgehead atoms. The number of carbonyl (C=O) groups is 1. The van der Waals surface area contributed by atoms with Gasteiger partial charge in [-0.3, -0.25) is 4.79 Å². The first-order valence-electron chi connectivity index (χ1n) is 6.49. The van der Waals surface area contributed by atoms with Gasteiger partial charge in [-0.1, -0.05) is 35.2 Å². The Labute approximate surface area is 116 Å². The molecule has 3 N–H and O–H groups in total. The lowest BCUT2D eigenvalue weighted by Crippen LogP contribution is -2.42. The van der Waals surface area contributed by atoms with E-state index in [1.807, 2.05) is 24.3 Å². The number of carbonyl (C=O) groups excluding carboxylic acids is 1. The van der Waals surface area contributed by atoms with Crippen LogP contribution in [0.4, 0.5) is 5.69 Å². The van der Waals surface area contributed by atoms with Gasteiger partial charge in [-0.15, -0.1) is 0 Å². The first-order chi connectivity index (χ1) is 8.66. The Morgan fingerprint density at radius 3 is 2.44 bits per heavy atom. The number of hydrogen-bond donors (Lipinski definition) is 2. The van der Waals surface area contributed by atoms with Crippen LogP contribution in [-0.4, -0.2) is 11.9 Å². The minimum atomic E-state index is -0.381. The minimum Gasteiger partial charge on any atom is -0.325 e. The van der Waals surface area contributed by atoms with Gasteiger partial charge in [0, 0.05) is 10.2 Å². The number of rotatable bonds is 3. The number of amides is 1. The molecule has 1 atom stereocenters. The molecule has 0 aliphatic heterocycles. The first-order valence-corrected chi connectivity index (χ1v) is 7.28. The maximum atomic E-state index is 12.0. The predicted molar refractivity (Wildman–Crippen MR) is 77.3 cm³/mol. The minimum absolute atomic E-state index is 0.0655. The van der Waals surface area contributed by atoms with Crippen LogP contribution in [0.2, 0.25) is 0 Å². The lowest BCUT2D eigenvalue weighted by atomic mass is 9.84. The van der Waals surface area contributed by atoms with Crippen molar-refractivity contribution in [3.05, 3.63) is 28.7 Å². The number of nitrogens with two attached hydrogens (primary N) is 1. The number of benzene rings is 1. The van der Waals surface area contributed by atoms with E-state index in [4.69, 9.17) is 5.73 Å². The molecule has 18 heavy (non-hydrogen) atoms. The summed E-state index contributed by atoms with van der Waals surface area (Å²) in [4.78, 5) is 12.0. The van der Waals surface area contributed by atoms with E-state index in [9.17, 15) is 4.79 Å². The fourth-order valence-electron chi connectivity index (χ4n) is 2.47. The molecule has 2 rings (SSSR count). The van der Waals surface area contributed by atoms with Crippen molar-refractivity contribution in [3.63, 3.8) is 0 Å². The lowest BCUT2D eigenvalue weighted by Gasteiger charge is -2.26. The number of halogens is 1. The average Bonchev–Trinajstić information content (AvgIpc) is 2.41. The first kappa shape index (κ1) is 13.6. The Balaban J connectivity index is 1.92. The van der Waals surface area contributed by atoms with Gasteiger partial charge in [0.25, 0.3) is 0 Å². The highest BCUT2D eigenvalue weighted by atomic mass is 79.9. The zero-order valence-corrected chi connectivity index (χ0v) is 11.9. The summed E-state index contributed by atoms with van der Waals surface area (Å²) < 4.78 is 0.997. The van der Waals surface area contributed by atoms with Gasteiger partial charge < -0.3 is 11.1 Å². The van der Waals surface area contributed by atoms with Crippen molar-refractivity contribution in [1.82, 2.24) is 0 Å². The van der Waals surface area contributed by atoms with Gasteiger partial charge in [0.05, 0.1) is 6.04 Å². The van der Waals surface area contributed by atoms with Crippen molar-refractivity contribution in [1.29, 1.82) is 0 Å². The summed E-state index contributed by atoms with van der Waals surface area (Å²) in [6.45, 7) is 0. The van der Waals surface area contributed by atoms with E-state index in [0.717, 1.165) is 23.0 Å². The van der Waals surface area contributed by atoms with Crippen molar-refractivity contribution >= 4 is 27.5 Å². The van der Waals surface area contributed by atoms with E-state index in [-0.39, 0.29) is 11.9 Å². The summed E-state index contributed by atoms with van der Waals surface area (Å²) in [5, 5.41) is 2.88. The van der Waals surface area contributed by atoms with Crippen molar-refractivity contribution in [2.45, 2.75) is 38.1 Å². The third-order valence-corrected chi connectivity index (χ3v) is 4.10. The topological polar surface area (TPSA) is 55.1 Å². The molecule has 0 unspecified atom stereocenters. The van der Waals surface area contributed by atoms with Crippen molar-refractivity contribution < 1.29 is 4.79 Å². The molecule has 0 spiro atoms. The molecule has 98 valence electrons. The van der Waals surface area contributed by atoms with Gasteiger partial charge in [-0.05, 0) is 43.0 Å². The molecule has 3 nitrogen and oxygen atoms in total. The van der Waals surface area contributed by atoms with Crippen molar-refractivity contribution in [2.24, 2.45) is 11.7 Å². The van der Waals surface area contributed by atoms with Gasteiger partial charge in [-0.2, -0.15) is 0 Å². The summed E-state index contributed by atoms with van der Waals surface area (Å²) in [7, 11) is 0. The SMILES string of the molecule is N[C@H](C(=O)Nc1ccc(Br)cc1)C1CCCCC1. The van der Waals surface area contributed by atoms with Crippen LogP contribution in [0.1, 0.15) is 32.1 Å². The van der Waals surface area contributed by atoms with E-state index in [2.05, 4.69) is 21.2 Å². The molecule has 0 aromatic heterocycles. The fourth-order valence-corrected chi connectivity index (χ4v) is 2.73. The second-order valence-electron chi connectivity index (χ2n) is 4.92. The van der Waals surface area contributed by atoms with Crippen LogP contribution < -0.4 is 11.1 Å². The van der Waals surface area contributed by atoms with E-state index >= 15 is 0 Å². The molecule has 1 aliphatic rings. The molecule has 1 fully saturated rings. The largest absolute Gasteiger partial charge is 0.325 e. The van der Waals surface area contributed by atoms with E-state index in [1.54, 1.807) is 0 Å². The second kappa shape index (κ2) is 6.34. The van der Waals surface area contributed by atoms with E-state index in [1.165, 1.54) is 19.3 Å². The smallest absolute Gasteiger partial charge is 0.241 e. The van der Waals surface area contributed by atoms with Gasteiger partial charge >= 0.3 is 0 Å². The summed E-state index contributed by atoms with van der Waals surface area (Å²) in [6, 6.07) is 7.17. The Bertz CT molecular complexity index is 399. The van der Waals surface area contributed by atoms with Crippen molar-refractivity contribution in [3.8, 4) is 0 Å². The molecule has 0 saturated heterocycles. The monoisotopic (exact) mass is 310 g/mol. The maximum absolute atomic E-state index is 12.0. The Kier molecular flexibility index (Phi) is 4.78. The van der Waals surface area contributed by atoms with Gasteiger partial charge in [0.2, 0.25) is 5.91 Å². The Morgan fingerprint density at radius 2 is 1.83 bits per heavy atom. The molecular weight excluding hydrogens is 292 g/mol. The number of anilines is 1. The second-order valence-corrected chi connectivity index (χ2v) is 5.84. The maximum Gasteiger partial charge on any atom is 0.241 e. The number of hydrogen-bond acceptors (Lipinski definition) is 2. The van der Waals surface area contributed by atoms with Crippen LogP contribution in [0.15, 0.2) is 28.7 Å². The molecule has 1 aromatic rings. The normalized spacial score (nSPS) is 18.3. The molecular formula is C14H19BrN2O. The van der Waals surface area contributed by atoms with Gasteiger partial charge in [-0.25, -0.2) is 0 Å². The molecule has 1 aromatic carbocycles. The molecule has 4 heteroatoms. The van der Waals surface area contributed by atoms with E-state index in [0.29, 0.717) is 5.92 Å². The molecule has 1 amide bonds. The Hall–Kier alpha value is -0.870. The highest BCUT2D eigenvalue weighted by Gasteiger charge is 2.25. The van der Waals surface area contributed by atoms with Crippen LogP contribution in [-0.2, 0) is 4.79 Å². The van der Waals surface area contributed by atoms with Crippen LogP contribution in [0, 0.1) is 5.92 Å². The highest BCUT2D eigenvalue weighted by Crippen LogP contribution is 2.26. The third kappa shape index (κ3) is 3.56. The van der Waals surface area contributed by atoms with Crippen molar-refractivity contribution in [2.75, 3.05) is 5.32 Å². The summed E-state index contributed by atoms with van der Waals surface area (Å²) >= 11 is 3.37.